The van der Waals surface area contributed by atoms with Crippen molar-refractivity contribution < 1.29 is 4.74 Å². The Bertz CT molecular complexity index is 482. The third-order valence-corrected chi connectivity index (χ3v) is 3.72. The summed E-state index contributed by atoms with van der Waals surface area (Å²) in [6.45, 7) is 7.82. The van der Waals surface area contributed by atoms with Crippen LogP contribution in [0.5, 0.6) is 5.75 Å². The van der Waals surface area contributed by atoms with Gasteiger partial charge in [0.25, 0.3) is 0 Å². The summed E-state index contributed by atoms with van der Waals surface area (Å²) in [7, 11) is 1.62. The molecule has 0 atom stereocenters. The first-order chi connectivity index (χ1) is 8.91. The minimum Gasteiger partial charge on any atom is -0.496 e. The largest absolute Gasteiger partial charge is 0.496 e. The highest BCUT2D eigenvalue weighted by Crippen LogP contribution is 2.30. The molecule has 1 aromatic carbocycles. The molecule has 1 saturated heterocycles. The number of nitrogens with two attached hydrogens (primary N) is 1. The van der Waals surface area contributed by atoms with Gasteiger partial charge < -0.3 is 10.5 Å². The Kier molecular flexibility index (Phi) is 3.80. The van der Waals surface area contributed by atoms with Gasteiger partial charge in [0, 0.05) is 13.1 Å². The normalized spacial score (nSPS) is 18.5. The molecular formula is C15H23N3O. The van der Waals surface area contributed by atoms with Crippen LogP contribution < -0.4 is 10.5 Å². The summed E-state index contributed by atoms with van der Waals surface area (Å²) in [6, 6.07) is 5.89. The zero-order valence-corrected chi connectivity index (χ0v) is 12.0. The highest BCUT2D eigenvalue weighted by Gasteiger charge is 2.28. The number of likely N-dealkylation sites (tertiary alicyclic amines) is 1. The number of methoxy groups -OCH3 is 1. The van der Waals surface area contributed by atoms with E-state index in [1.165, 1.54) is 12.0 Å². The maximum absolute atomic E-state index is 7.51. The molecule has 0 amide bonds. The Hall–Kier alpha value is -1.55. The fourth-order valence-electron chi connectivity index (χ4n) is 2.67. The molecule has 1 fully saturated rings. The van der Waals surface area contributed by atoms with Crippen molar-refractivity contribution in [2.75, 3.05) is 20.2 Å². The molecule has 1 heterocycles. The first kappa shape index (κ1) is 13.9. The van der Waals surface area contributed by atoms with Crippen molar-refractivity contribution in [1.29, 1.82) is 5.41 Å². The summed E-state index contributed by atoms with van der Waals surface area (Å²) in [5.41, 5.74) is 7.82. The highest BCUT2D eigenvalue weighted by molar-refractivity contribution is 5.97. The van der Waals surface area contributed by atoms with E-state index in [0.717, 1.165) is 19.6 Å². The lowest BCUT2D eigenvalue weighted by Gasteiger charge is -2.20. The van der Waals surface area contributed by atoms with Gasteiger partial charge >= 0.3 is 0 Å². The van der Waals surface area contributed by atoms with E-state index in [-0.39, 0.29) is 5.84 Å². The van der Waals surface area contributed by atoms with Crippen LogP contribution in [0.2, 0.25) is 0 Å². The predicted octanol–water partition coefficient (Wildman–Crippen LogP) is 2.21. The van der Waals surface area contributed by atoms with Crippen LogP contribution in [0, 0.1) is 10.8 Å². The summed E-state index contributed by atoms with van der Waals surface area (Å²) in [6.07, 6.45) is 1.25. The fraction of sp³-hybridized carbons (Fsp3) is 0.533. The third kappa shape index (κ3) is 3.26. The third-order valence-electron chi connectivity index (χ3n) is 3.72. The van der Waals surface area contributed by atoms with Gasteiger partial charge in [-0.25, -0.2) is 0 Å². The van der Waals surface area contributed by atoms with Gasteiger partial charge in [0.15, 0.2) is 0 Å². The minimum atomic E-state index is 0.0469. The van der Waals surface area contributed by atoms with Crippen molar-refractivity contribution in [3.05, 3.63) is 29.3 Å². The van der Waals surface area contributed by atoms with Crippen LogP contribution in [0.4, 0.5) is 0 Å². The molecule has 4 nitrogen and oxygen atoms in total. The lowest BCUT2D eigenvalue weighted by Crippen LogP contribution is -2.23. The Morgan fingerprint density at radius 2 is 2.21 bits per heavy atom. The van der Waals surface area contributed by atoms with Crippen molar-refractivity contribution in [3.8, 4) is 5.75 Å². The van der Waals surface area contributed by atoms with E-state index < -0.39 is 0 Å². The van der Waals surface area contributed by atoms with Crippen LogP contribution in [0.15, 0.2) is 18.2 Å². The van der Waals surface area contributed by atoms with Crippen molar-refractivity contribution in [3.63, 3.8) is 0 Å². The van der Waals surface area contributed by atoms with Crippen molar-refractivity contribution >= 4 is 5.84 Å². The molecule has 0 unspecified atom stereocenters. The second kappa shape index (κ2) is 5.21. The van der Waals surface area contributed by atoms with Gasteiger partial charge in [-0.05, 0) is 36.1 Å². The predicted molar refractivity (Wildman–Crippen MR) is 77.7 cm³/mol. The zero-order chi connectivity index (χ0) is 14.0. The molecule has 104 valence electrons. The average Bonchev–Trinajstić information content (AvgIpc) is 2.68. The Labute approximate surface area is 115 Å². The van der Waals surface area contributed by atoms with Crippen LogP contribution in [-0.2, 0) is 6.54 Å². The molecule has 0 spiro atoms. The van der Waals surface area contributed by atoms with E-state index in [4.69, 9.17) is 15.9 Å². The highest BCUT2D eigenvalue weighted by atomic mass is 16.5. The minimum absolute atomic E-state index is 0.0469. The summed E-state index contributed by atoms with van der Waals surface area (Å²) in [4.78, 5) is 2.46. The molecule has 1 aliphatic heterocycles. The van der Waals surface area contributed by atoms with Gasteiger partial charge in [-0.15, -0.1) is 0 Å². The SMILES string of the molecule is COc1cc(CN2CCC(C)(C)C2)ccc1C(=N)N. The molecule has 0 radical (unpaired) electrons. The molecule has 0 bridgehead atoms. The van der Waals surface area contributed by atoms with E-state index in [1.807, 2.05) is 18.2 Å². The molecule has 1 aliphatic rings. The number of nitrogens with zero attached hydrogens (tertiary/aromatic N) is 1. The van der Waals surface area contributed by atoms with Crippen molar-refractivity contribution in [2.45, 2.75) is 26.8 Å². The quantitative estimate of drug-likeness (QED) is 0.645. The topological polar surface area (TPSA) is 62.3 Å². The van der Waals surface area contributed by atoms with Crippen LogP contribution >= 0.6 is 0 Å². The molecule has 0 saturated carbocycles. The maximum Gasteiger partial charge on any atom is 0.130 e. The van der Waals surface area contributed by atoms with Gasteiger partial charge in [0.1, 0.15) is 11.6 Å². The van der Waals surface area contributed by atoms with Gasteiger partial charge in [0.05, 0.1) is 12.7 Å². The number of rotatable bonds is 4. The van der Waals surface area contributed by atoms with Crippen LogP contribution in [0.1, 0.15) is 31.4 Å². The summed E-state index contributed by atoms with van der Waals surface area (Å²) < 4.78 is 5.31. The van der Waals surface area contributed by atoms with Gasteiger partial charge in [-0.3, -0.25) is 10.3 Å². The first-order valence-corrected chi connectivity index (χ1v) is 6.65. The van der Waals surface area contributed by atoms with Crippen LogP contribution in [0.25, 0.3) is 0 Å². The monoisotopic (exact) mass is 261 g/mol. The Balaban J connectivity index is 2.12. The van der Waals surface area contributed by atoms with Gasteiger partial charge in [-0.2, -0.15) is 0 Å². The Morgan fingerprint density at radius 1 is 1.47 bits per heavy atom. The maximum atomic E-state index is 7.51. The Morgan fingerprint density at radius 3 is 2.74 bits per heavy atom. The standard InChI is InChI=1S/C15H23N3O/c1-15(2)6-7-18(10-15)9-11-4-5-12(14(16)17)13(8-11)19-3/h4-5,8H,6-7,9-10H2,1-3H3,(H3,16,17). The number of ether oxygens (including phenoxy) is 1. The number of nitrogens with one attached hydrogen (secondary N) is 1. The summed E-state index contributed by atoms with van der Waals surface area (Å²) >= 11 is 0. The second-order valence-electron chi connectivity index (χ2n) is 6.07. The molecule has 2 rings (SSSR count). The first-order valence-electron chi connectivity index (χ1n) is 6.65. The van der Waals surface area contributed by atoms with Gasteiger partial charge in [0.2, 0.25) is 0 Å². The summed E-state index contributed by atoms with van der Waals surface area (Å²) in [5.74, 6) is 0.731. The number of hydrogen-bond acceptors (Lipinski definition) is 3. The van der Waals surface area contributed by atoms with E-state index in [9.17, 15) is 0 Å². The molecule has 0 aliphatic carbocycles. The molecule has 19 heavy (non-hydrogen) atoms. The van der Waals surface area contributed by atoms with Crippen molar-refractivity contribution in [1.82, 2.24) is 4.90 Å². The molecule has 1 aromatic rings. The lowest BCUT2D eigenvalue weighted by molar-refractivity contribution is 0.284. The molecule has 4 heteroatoms. The van der Waals surface area contributed by atoms with E-state index in [1.54, 1.807) is 7.11 Å². The number of benzene rings is 1. The molecule has 3 N–H and O–H groups in total. The molecular weight excluding hydrogens is 238 g/mol. The molecule has 0 aromatic heterocycles. The van der Waals surface area contributed by atoms with Crippen molar-refractivity contribution in [2.24, 2.45) is 11.1 Å². The smallest absolute Gasteiger partial charge is 0.130 e. The fourth-order valence-corrected chi connectivity index (χ4v) is 2.67. The lowest BCUT2D eigenvalue weighted by atomic mass is 9.93. The number of amidine groups is 1. The number of nitrogen functional groups attached to an aromatic ring is 1. The van der Waals surface area contributed by atoms with Crippen LogP contribution in [0.3, 0.4) is 0 Å². The van der Waals surface area contributed by atoms with E-state index in [0.29, 0.717) is 16.7 Å². The second-order valence-corrected chi connectivity index (χ2v) is 6.07. The van der Waals surface area contributed by atoms with Gasteiger partial charge in [-0.1, -0.05) is 19.9 Å². The van der Waals surface area contributed by atoms with Crippen LogP contribution in [-0.4, -0.2) is 30.9 Å². The van der Waals surface area contributed by atoms with E-state index in [2.05, 4.69) is 18.7 Å². The number of hydrogen-bond donors (Lipinski definition) is 2. The summed E-state index contributed by atoms with van der Waals surface area (Å²) in [5, 5.41) is 7.51. The zero-order valence-electron chi connectivity index (χ0n) is 12.0. The van der Waals surface area contributed by atoms with E-state index >= 15 is 0 Å². The average molecular weight is 261 g/mol.